The van der Waals surface area contributed by atoms with Crippen molar-refractivity contribution in [1.29, 1.82) is 0 Å². The van der Waals surface area contributed by atoms with Crippen LogP contribution in [0.15, 0.2) is 35.2 Å². The summed E-state index contributed by atoms with van der Waals surface area (Å²) in [4.78, 5) is 16.5. The minimum absolute atomic E-state index is 0.236. The Morgan fingerprint density at radius 1 is 1.33 bits per heavy atom. The molecule has 6 nitrogen and oxygen atoms in total. The van der Waals surface area contributed by atoms with Crippen molar-refractivity contribution in [3.05, 3.63) is 51.4 Å². The molecule has 0 bridgehead atoms. The highest BCUT2D eigenvalue weighted by Gasteiger charge is 2.12. The third kappa shape index (κ3) is 4.15. The third-order valence-electron chi connectivity index (χ3n) is 3.12. The molecule has 0 atom stereocenters. The van der Waals surface area contributed by atoms with Gasteiger partial charge >= 0.3 is 0 Å². The molecule has 0 saturated heterocycles. The third-order valence-corrected chi connectivity index (χ3v) is 4.90. The summed E-state index contributed by atoms with van der Waals surface area (Å²) >= 11 is 2.91. The Balaban J connectivity index is 1.64. The second kappa shape index (κ2) is 7.50. The summed E-state index contributed by atoms with van der Waals surface area (Å²) < 4.78 is 5.67. The number of hydrogen-bond acceptors (Lipinski definition) is 7. The van der Waals surface area contributed by atoms with E-state index in [2.05, 4.69) is 20.5 Å². The lowest BCUT2D eigenvalue weighted by Crippen LogP contribution is -2.11. The van der Waals surface area contributed by atoms with E-state index in [9.17, 15) is 4.79 Å². The number of thiazole rings is 1. The number of rotatable bonds is 6. The van der Waals surface area contributed by atoms with Crippen molar-refractivity contribution in [3.63, 3.8) is 0 Å². The van der Waals surface area contributed by atoms with Crippen molar-refractivity contribution in [2.24, 2.45) is 0 Å². The molecular formula is C16H16N4O2S2. The molecule has 24 heavy (non-hydrogen) atoms. The number of aromatic nitrogens is 3. The number of ether oxygens (including phenoxy) is 1. The average Bonchev–Trinajstić information content (AvgIpc) is 3.25. The first-order valence-corrected chi connectivity index (χ1v) is 9.12. The van der Waals surface area contributed by atoms with Crippen LogP contribution in [0.4, 0.5) is 5.13 Å². The molecule has 3 aromatic rings. The molecule has 0 radical (unpaired) electrons. The Labute approximate surface area is 147 Å². The second-order valence-electron chi connectivity index (χ2n) is 5.35. The van der Waals surface area contributed by atoms with Gasteiger partial charge in [-0.05, 0) is 18.2 Å². The number of benzene rings is 1. The molecule has 1 aromatic carbocycles. The van der Waals surface area contributed by atoms with E-state index in [-0.39, 0.29) is 11.8 Å². The first-order valence-electron chi connectivity index (χ1n) is 7.36. The van der Waals surface area contributed by atoms with Gasteiger partial charge in [0, 0.05) is 16.9 Å². The van der Waals surface area contributed by atoms with Crippen LogP contribution < -0.4 is 10.1 Å². The quantitative estimate of drug-likeness (QED) is 0.720. The Bertz CT molecular complexity index is 815. The zero-order valence-electron chi connectivity index (χ0n) is 13.2. The lowest BCUT2D eigenvalue weighted by molar-refractivity contribution is 0.102. The van der Waals surface area contributed by atoms with Crippen LogP contribution in [0.5, 0.6) is 5.75 Å². The Morgan fingerprint density at radius 3 is 2.92 bits per heavy atom. The molecule has 0 aliphatic carbocycles. The summed E-state index contributed by atoms with van der Waals surface area (Å²) in [6.07, 6.45) is 0. The first kappa shape index (κ1) is 16.5. The second-order valence-corrected chi connectivity index (χ2v) is 7.08. The SMILES string of the molecule is CC(C)c1nnc(NC(=O)c2cccc(OCc3cscn3)c2)s1. The molecule has 1 amide bonds. The molecule has 2 aromatic heterocycles. The molecule has 3 rings (SSSR count). The molecule has 8 heteroatoms. The minimum atomic E-state index is -0.236. The van der Waals surface area contributed by atoms with Crippen LogP contribution in [0.2, 0.25) is 0 Å². The number of amides is 1. The predicted octanol–water partition coefficient (Wildman–Crippen LogP) is 3.95. The van der Waals surface area contributed by atoms with Crippen molar-refractivity contribution in [3.8, 4) is 5.75 Å². The van der Waals surface area contributed by atoms with Gasteiger partial charge in [0.15, 0.2) is 0 Å². The van der Waals surface area contributed by atoms with Crippen molar-refractivity contribution in [2.75, 3.05) is 5.32 Å². The molecule has 0 aliphatic heterocycles. The maximum Gasteiger partial charge on any atom is 0.257 e. The van der Waals surface area contributed by atoms with E-state index in [1.807, 2.05) is 25.3 Å². The van der Waals surface area contributed by atoms with Gasteiger partial charge in [0.1, 0.15) is 17.4 Å². The molecule has 124 valence electrons. The van der Waals surface area contributed by atoms with E-state index in [1.54, 1.807) is 23.7 Å². The number of carbonyl (C=O) groups is 1. The number of nitrogens with one attached hydrogen (secondary N) is 1. The Hall–Kier alpha value is -2.32. The summed E-state index contributed by atoms with van der Waals surface area (Å²) in [5.41, 5.74) is 3.13. The van der Waals surface area contributed by atoms with Crippen molar-refractivity contribution >= 4 is 33.7 Å². The van der Waals surface area contributed by atoms with E-state index < -0.39 is 0 Å². The Morgan fingerprint density at radius 2 is 2.21 bits per heavy atom. The summed E-state index contributed by atoms with van der Waals surface area (Å²) in [5.74, 6) is 0.673. The van der Waals surface area contributed by atoms with Crippen molar-refractivity contribution < 1.29 is 9.53 Å². The van der Waals surface area contributed by atoms with Crippen LogP contribution in [0.1, 0.15) is 40.8 Å². The fourth-order valence-corrected chi connectivity index (χ4v) is 3.16. The lowest BCUT2D eigenvalue weighted by atomic mass is 10.2. The monoisotopic (exact) mass is 360 g/mol. The summed E-state index contributed by atoms with van der Waals surface area (Å²) in [6, 6.07) is 7.03. The highest BCUT2D eigenvalue weighted by Crippen LogP contribution is 2.23. The number of hydrogen-bond donors (Lipinski definition) is 1. The van der Waals surface area contributed by atoms with Gasteiger partial charge in [0.05, 0.1) is 11.2 Å². The molecular weight excluding hydrogens is 344 g/mol. The molecule has 0 saturated carbocycles. The zero-order chi connectivity index (χ0) is 16.9. The summed E-state index contributed by atoms with van der Waals surface area (Å²) in [6.45, 7) is 4.45. The van der Waals surface area contributed by atoms with Crippen molar-refractivity contribution in [2.45, 2.75) is 26.4 Å². The number of anilines is 1. The lowest BCUT2D eigenvalue weighted by Gasteiger charge is -2.06. The minimum Gasteiger partial charge on any atom is -0.487 e. The van der Waals surface area contributed by atoms with Gasteiger partial charge in [0.2, 0.25) is 5.13 Å². The molecule has 0 unspecified atom stereocenters. The maximum atomic E-state index is 12.3. The zero-order valence-corrected chi connectivity index (χ0v) is 14.9. The fourth-order valence-electron chi connectivity index (χ4n) is 1.88. The van der Waals surface area contributed by atoms with Gasteiger partial charge in [-0.1, -0.05) is 31.3 Å². The van der Waals surface area contributed by atoms with E-state index in [4.69, 9.17) is 4.74 Å². The number of carbonyl (C=O) groups excluding carboxylic acids is 1. The predicted molar refractivity (Wildman–Crippen MR) is 94.8 cm³/mol. The van der Waals surface area contributed by atoms with Crippen LogP contribution in [-0.2, 0) is 6.61 Å². The van der Waals surface area contributed by atoms with E-state index in [0.29, 0.717) is 23.1 Å². The normalized spacial score (nSPS) is 10.8. The van der Waals surface area contributed by atoms with Crippen LogP contribution in [0.25, 0.3) is 0 Å². The topological polar surface area (TPSA) is 77.0 Å². The summed E-state index contributed by atoms with van der Waals surface area (Å²) in [7, 11) is 0. The van der Waals surface area contributed by atoms with Crippen LogP contribution >= 0.6 is 22.7 Å². The first-order chi connectivity index (χ1) is 11.6. The highest BCUT2D eigenvalue weighted by molar-refractivity contribution is 7.15. The van der Waals surface area contributed by atoms with Gasteiger partial charge in [-0.25, -0.2) is 4.98 Å². The van der Waals surface area contributed by atoms with Gasteiger partial charge in [-0.2, -0.15) is 0 Å². The average molecular weight is 360 g/mol. The van der Waals surface area contributed by atoms with E-state index in [1.165, 1.54) is 22.7 Å². The van der Waals surface area contributed by atoms with Gasteiger partial charge in [0.25, 0.3) is 5.91 Å². The molecule has 1 N–H and O–H groups in total. The molecule has 0 aliphatic rings. The van der Waals surface area contributed by atoms with E-state index >= 15 is 0 Å². The number of nitrogens with zero attached hydrogens (tertiary/aromatic N) is 3. The van der Waals surface area contributed by atoms with Crippen LogP contribution in [0, 0.1) is 0 Å². The molecule has 0 fully saturated rings. The molecule has 2 heterocycles. The van der Waals surface area contributed by atoms with E-state index in [0.717, 1.165) is 10.7 Å². The highest BCUT2D eigenvalue weighted by atomic mass is 32.1. The van der Waals surface area contributed by atoms with Gasteiger partial charge in [-0.3, -0.25) is 10.1 Å². The van der Waals surface area contributed by atoms with Gasteiger partial charge in [-0.15, -0.1) is 21.5 Å². The van der Waals surface area contributed by atoms with Crippen LogP contribution in [-0.4, -0.2) is 21.1 Å². The Kier molecular flexibility index (Phi) is 5.17. The van der Waals surface area contributed by atoms with Crippen molar-refractivity contribution in [1.82, 2.24) is 15.2 Å². The maximum absolute atomic E-state index is 12.3. The standard InChI is InChI=1S/C16H16N4O2S2/c1-10(2)15-19-20-16(24-15)18-14(21)11-4-3-5-13(6-11)22-7-12-8-23-9-17-12/h3-6,8-10H,7H2,1-2H3,(H,18,20,21). The molecule has 0 spiro atoms. The van der Waals surface area contributed by atoms with Gasteiger partial charge < -0.3 is 4.74 Å². The van der Waals surface area contributed by atoms with Crippen LogP contribution in [0.3, 0.4) is 0 Å². The summed E-state index contributed by atoms with van der Waals surface area (Å²) in [5, 5.41) is 14.1. The largest absolute Gasteiger partial charge is 0.487 e. The fraction of sp³-hybridized carbons (Fsp3) is 0.250. The smallest absolute Gasteiger partial charge is 0.257 e.